The summed E-state index contributed by atoms with van der Waals surface area (Å²) in [5.41, 5.74) is 13.7. The lowest BCUT2D eigenvalue weighted by Crippen LogP contribution is -2.43. The summed E-state index contributed by atoms with van der Waals surface area (Å²) in [7, 11) is 1.44. The number of hydrogen-bond donors (Lipinski definition) is 2. The van der Waals surface area contributed by atoms with Crippen LogP contribution in [0, 0.1) is 5.41 Å². The molecule has 1 fully saturated rings. The number of rotatable bonds is 7. The van der Waals surface area contributed by atoms with E-state index in [1.165, 1.54) is 18.2 Å². The second kappa shape index (κ2) is 13.2. The molecule has 2 amide bonds. The average molecular weight is 583 g/mol. The van der Waals surface area contributed by atoms with E-state index >= 15 is 0 Å². The van der Waals surface area contributed by atoms with E-state index in [1.54, 1.807) is 0 Å². The SMILES string of the molecule is COC(=O)N(Cc1cccc(-c2ccc(N3CCc4ccccc4C3)c(NC(=O)CC(C)(C)C)c2)c1)C1CCC(N)CC1. The van der Waals surface area contributed by atoms with Crippen molar-refractivity contribution in [2.75, 3.05) is 23.9 Å². The Kier molecular flexibility index (Phi) is 9.40. The van der Waals surface area contributed by atoms with Crippen molar-refractivity contribution >= 4 is 23.4 Å². The van der Waals surface area contributed by atoms with E-state index in [2.05, 4.69) is 91.7 Å². The molecule has 3 N–H and O–H groups in total. The van der Waals surface area contributed by atoms with Crippen molar-refractivity contribution in [3.05, 3.63) is 83.4 Å². The van der Waals surface area contributed by atoms with Gasteiger partial charge in [-0.25, -0.2) is 4.79 Å². The third-order valence-electron chi connectivity index (χ3n) is 8.64. The van der Waals surface area contributed by atoms with Crippen LogP contribution < -0.4 is 16.0 Å². The number of benzene rings is 3. The highest BCUT2D eigenvalue weighted by Crippen LogP contribution is 2.36. The topological polar surface area (TPSA) is 87.9 Å². The Bertz CT molecular complexity index is 1440. The molecule has 5 rings (SSSR count). The maximum Gasteiger partial charge on any atom is 0.410 e. The fraction of sp³-hybridized carbons (Fsp3) is 0.444. The van der Waals surface area contributed by atoms with Gasteiger partial charge in [0, 0.05) is 38.1 Å². The Morgan fingerprint density at radius 1 is 0.953 bits per heavy atom. The normalized spacial score (nSPS) is 18.5. The first-order chi connectivity index (χ1) is 20.6. The standard InChI is InChI=1S/C36H46N4O3/c1-36(2,3)22-34(41)38-32-21-28(12-17-33(32)39-19-18-26-9-5-6-10-29(26)24-39)27-11-7-8-25(20-27)23-40(35(42)43-4)31-15-13-30(37)14-16-31/h5-12,17,20-21,30-31H,13-16,18-19,22-24,37H2,1-4H3,(H,38,41). The zero-order valence-corrected chi connectivity index (χ0v) is 26.1. The van der Waals surface area contributed by atoms with Gasteiger partial charge >= 0.3 is 6.09 Å². The largest absolute Gasteiger partial charge is 0.453 e. The number of ether oxygens (including phenoxy) is 1. The number of nitrogens with one attached hydrogen (secondary N) is 1. The maximum absolute atomic E-state index is 13.2. The number of hydrogen-bond acceptors (Lipinski definition) is 5. The predicted molar refractivity (Wildman–Crippen MR) is 174 cm³/mol. The molecule has 7 nitrogen and oxygen atoms in total. The van der Waals surface area contributed by atoms with Crippen LogP contribution in [0.1, 0.15) is 69.6 Å². The number of amides is 2. The smallest absolute Gasteiger partial charge is 0.410 e. The molecular weight excluding hydrogens is 536 g/mol. The number of carbonyl (C=O) groups is 2. The molecule has 2 aliphatic rings. The molecule has 43 heavy (non-hydrogen) atoms. The van der Waals surface area contributed by atoms with Crippen LogP contribution in [0.5, 0.6) is 0 Å². The third-order valence-corrected chi connectivity index (χ3v) is 8.64. The van der Waals surface area contributed by atoms with Crippen LogP contribution in [0.2, 0.25) is 0 Å². The molecule has 1 aliphatic carbocycles. The molecule has 7 heteroatoms. The van der Waals surface area contributed by atoms with E-state index in [0.29, 0.717) is 13.0 Å². The summed E-state index contributed by atoms with van der Waals surface area (Å²) >= 11 is 0. The number of methoxy groups -OCH3 is 1. The number of nitrogens with zero attached hydrogens (tertiary/aromatic N) is 2. The minimum atomic E-state index is -0.304. The quantitative estimate of drug-likeness (QED) is 0.309. The van der Waals surface area contributed by atoms with Crippen molar-refractivity contribution in [3.63, 3.8) is 0 Å². The molecule has 228 valence electrons. The summed E-state index contributed by atoms with van der Waals surface area (Å²) in [4.78, 5) is 30.2. The van der Waals surface area contributed by atoms with Gasteiger partial charge in [-0.2, -0.15) is 0 Å². The summed E-state index contributed by atoms with van der Waals surface area (Å²) in [6.45, 7) is 8.41. The summed E-state index contributed by atoms with van der Waals surface area (Å²) < 4.78 is 5.17. The van der Waals surface area contributed by atoms with Gasteiger partial charge in [-0.3, -0.25) is 4.79 Å². The minimum absolute atomic E-state index is 0.0120. The molecule has 0 aromatic heterocycles. The van der Waals surface area contributed by atoms with Gasteiger partial charge in [-0.15, -0.1) is 0 Å². The van der Waals surface area contributed by atoms with Crippen LogP contribution in [0.4, 0.5) is 16.2 Å². The molecule has 0 unspecified atom stereocenters. The lowest BCUT2D eigenvalue weighted by molar-refractivity contribution is -0.117. The number of fused-ring (bicyclic) bond motifs is 1. The molecule has 3 aromatic carbocycles. The molecule has 1 heterocycles. The lowest BCUT2D eigenvalue weighted by Gasteiger charge is -2.35. The first kappa shape index (κ1) is 30.6. The second-order valence-electron chi connectivity index (χ2n) is 13.3. The zero-order chi connectivity index (χ0) is 30.6. The van der Waals surface area contributed by atoms with Crippen LogP contribution in [-0.4, -0.2) is 42.6 Å². The van der Waals surface area contributed by atoms with Crippen LogP contribution >= 0.6 is 0 Å². The monoisotopic (exact) mass is 582 g/mol. The maximum atomic E-state index is 13.2. The van der Waals surface area contributed by atoms with Crippen LogP contribution in [0.15, 0.2) is 66.7 Å². The molecular formula is C36H46N4O3. The molecule has 3 aromatic rings. The summed E-state index contributed by atoms with van der Waals surface area (Å²) in [6, 6.07) is 23.6. The van der Waals surface area contributed by atoms with E-state index in [-0.39, 0.29) is 29.5 Å². The average Bonchev–Trinajstić information content (AvgIpc) is 2.99. The predicted octanol–water partition coefficient (Wildman–Crippen LogP) is 7.13. The van der Waals surface area contributed by atoms with Gasteiger partial charge in [0.15, 0.2) is 0 Å². The van der Waals surface area contributed by atoms with E-state index in [4.69, 9.17) is 10.5 Å². The van der Waals surface area contributed by atoms with E-state index in [9.17, 15) is 9.59 Å². The summed E-state index contributed by atoms with van der Waals surface area (Å²) in [5, 5.41) is 3.25. The van der Waals surface area contributed by atoms with Gasteiger partial charge in [0.1, 0.15) is 0 Å². The van der Waals surface area contributed by atoms with Crippen LogP contribution in [-0.2, 0) is 29.0 Å². The fourth-order valence-electron chi connectivity index (χ4n) is 6.39. The van der Waals surface area contributed by atoms with Crippen molar-refractivity contribution in [1.82, 2.24) is 4.90 Å². The molecule has 0 saturated heterocycles. The van der Waals surface area contributed by atoms with Crippen molar-refractivity contribution in [1.29, 1.82) is 0 Å². The number of carbonyl (C=O) groups excluding carboxylic acids is 2. The Labute approximate surface area is 256 Å². The van der Waals surface area contributed by atoms with Gasteiger partial charge < -0.3 is 25.6 Å². The minimum Gasteiger partial charge on any atom is -0.453 e. The van der Waals surface area contributed by atoms with Gasteiger partial charge in [0.05, 0.1) is 18.5 Å². The Morgan fingerprint density at radius 3 is 2.40 bits per heavy atom. The van der Waals surface area contributed by atoms with E-state index < -0.39 is 0 Å². The third kappa shape index (κ3) is 7.77. The molecule has 0 spiro atoms. The van der Waals surface area contributed by atoms with E-state index in [0.717, 1.165) is 73.3 Å². The number of nitrogens with two attached hydrogens (primary N) is 1. The van der Waals surface area contributed by atoms with Gasteiger partial charge in [-0.1, -0.05) is 69.3 Å². The van der Waals surface area contributed by atoms with Crippen LogP contribution in [0.25, 0.3) is 11.1 Å². The van der Waals surface area contributed by atoms with Gasteiger partial charge in [0.25, 0.3) is 0 Å². The highest BCUT2D eigenvalue weighted by atomic mass is 16.5. The highest BCUT2D eigenvalue weighted by Gasteiger charge is 2.29. The fourth-order valence-corrected chi connectivity index (χ4v) is 6.39. The summed E-state index contributed by atoms with van der Waals surface area (Å²) in [5.74, 6) is 0.0120. The Morgan fingerprint density at radius 2 is 1.67 bits per heavy atom. The first-order valence-corrected chi connectivity index (χ1v) is 15.5. The Hall–Kier alpha value is -3.84. The molecule has 0 atom stereocenters. The zero-order valence-electron chi connectivity index (χ0n) is 26.1. The summed E-state index contributed by atoms with van der Waals surface area (Å²) in [6.07, 6.45) is 4.70. The van der Waals surface area contributed by atoms with Crippen molar-refractivity contribution in [2.24, 2.45) is 11.1 Å². The first-order valence-electron chi connectivity index (χ1n) is 15.5. The molecule has 1 aliphatic heterocycles. The number of anilines is 2. The van der Waals surface area contributed by atoms with Crippen LogP contribution in [0.3, 0.4) is 0 Å². The van der Waals surface area contributed by atoms with E-state index in [1.807, 2.05) is 11.0 Å². The van der Waals surface area contributed by atoms with Crippen molar-refractivity contribution in [3.8, 4) is 11.1 Å². The van der Waals surface area contributed by atoms with Crippen molar-refractivity contribution in [2.45, 2.75) is 84.5 Å². The lowest BCUT2D eigenvalue weighted by atomic mass is 9.90. The van der Waals surface area contributed by atoms with Gasteiger partial charge in [-0.05, 0) is 83.5 Å². The molecule has 1 saturated carbocycles. The highest BCUT2D eigenvalue weighted by molar-refractivity contribution is 5.96. The second-order valence-corrected chi connectivity index (χ2v) is 13.3. The van der Waals surface area contributed by atoms with Crippen molar-refractivity contribution < 1.29 is 14.3 Å². The Balaban J connectivity index is 1.43. The molecule has 0 radical (unpaired) electrons. The molecule has 0 bridgehead atoms. The van der Waals surface area contributed by atoms with Gasteiger partial charge in [0.2, 0.25) is 5.91 Å².